The first kappa shape index (κ1) is 14.3. The molecule has 0 radical (unpaired) electrons. The second-order valence-electron chi connectivity index (χ2n) is 2.94. The molecule has 0 saturated carbocycles. The van der Waals surface area contributed by atoms with Crippen LogP contribution in [0.1, 0.15) is 47.1 Å². The third kappa shape index (κ3) is 3.47. The van der Waals surface area contributed by atoms with Crippen molar-refractivity contribution in [2.75, 3.05) is 0 Å². The summed E-state index contributed by atoms with van der Waals surface area (Å²) in [6, 6.07) is 4.32. The van der Waals surface area contributed by atoms with Crippen molar-refractivity contribution in [2.45, 2.75) is 27.3 Å². The van der Waals surface area contributed by atoms with Gasteiger partial charge in [0, 0.05) is 12.1 Å². The number of benzene rings is 1. The second-order valence-corrected chi connectivity index (χ2v) is 2.94. The molecule has 0 unspecified atom stereocenters. The number of carbonyl (C=O) groups is 2. The Hall–Kier alpha value is -1.68. The van der Waals surface area contributed by atoms with Gasteiger partial charge in [0.05, 0.1) is 5.56 Å². The van der Waals surface area contributed by atoms with Crippen LogP contribution in [-0.4, -0.2) is 16.9 Å². The summed E-state index contributed by atoms with van der Waals surface area (Å²) in [5, 5.41) is 8.71. The van der Waals surface area contributed by atoms with Crippen LogP contribution in [0.15, 0.2) is 18.2 Å². The summed E-state index contributed by atoms with van der Waals surface area (Å²) in [4.78, 5) is 21.7. The van der Waals surface area contributed by atoms with Gasteiger partial charge in [0.25, 0.3) is 0 Å². The molecular formula is C12H17NO3. The molecule has 4 nitrogen and oxygen atoms in total. The van der Waals surface area contributed by atoms with E-state index in [1.165, 1.54) is 25.1 Å². The van der Waals surface area contributed by atoms with E-state index in [0.29, 0.717) is 11.1 Å². The highest BCUT2D eigenvalue weighted by Crippen LogP contribution is 2.12. The highest BCUT2D eigenvalue weighted by Gasteiger charge is 2.09. The number of ketones is 1. The summed E-state index contributed by atoms with van der Waals surface area (Å²) in [5.41, 5.74) is 6.61. The number of Topliss-reactive ketones (excluding diaryl/α,β-unsaturated/α-hetero) is 1. The summed E-state index contributed by atoms with van der Waals surface area (Å²) in [6.07, 6.45) is 0. The van der Waals surface area contributed by atoms with Crippen LogP contribution in [-0.2, 0) is 6.54 Å². The van der Waals surface area contributed by atoms with Crippen molar-refractivity contribution >= 4 is 11.8 Å². The molecular weight excluding hydrogens is 206 g/mol. The van der Waals surface area contributed by atoms with Crippen molar-refractivity contribution in [3.8, 4) is 0 Å². The molecule has 0 bridgehead atoms. The van der Waals surface area contributed by atoms with E-state index in [1.807, 2.05) is 13.8 Å². The van der Waals surface area contributed by atoms with Crippen LogP contribution in [0.5, 0.6) is 0 Å². The fraction of sp³-hybridized carbons (Fsp3) is 0.333. The van der Waals surface area contributed by atoms with E-state index in [9.17, 15) is 9.59 Å². The fourth-order valence-electron chi connectivity index (χ4n) is 1.24. The summed E-state index contributed by atoms with van der Waals surface area (Å²) in [6.45, 7) is 5.59. The van der Waals surface area contributed by atoms with E-state index >= 15 is 0 Å². The maximum absolute atomic E-state index is 11.1. The zero-order valence-corrected chi connectivity index (χ0v) is 9.78. The Kier molecular flexibility index (Phi) is 6.03. The van der Waals surface area contributed by atoms with E-state index in [2.05, 4.69) is 0 Å². The first-order chi connectivity index (χ1) is 7.56. The number of hydrogen-bond donors (Lipinski definition) is 2. The molecule has 4 heteroatoms. The molecule has 1 aromatic rings. The van der Waals surface area contributed by atoms with Gasteiger partial charge in [0.15, 0.2) is 5.78 Å². The quantitative estimate of drug-likeness (QED) is 0.769. The van der Waals surface area contributed by atoms with Gasteiger partial charge in [-0.2, -0.15) is 0 Å². The minimum Gasteiger partial charge on any atom is -0.478 e. The molecule has 0 spiro atoms. The minimum atomic E-state index is -1.02. The number of carboxylic acids is 1. The predicted molar refractivity (Wildman–Crippen MR) is 62.6 cm³/mol. The number of carboxylic acid groups (broad SMARTS) is 1. The monoisotopic (exact) mass is 223 g/mol. The summed E-state index contributed by atoms with van der Waals surface area (Å²) < 4.78 is 0. The Labute approximate surface area is 95.1 Å². The lowest BCUT2D eigenvalue weighted by Crippen LogP contribution is -2.07. The van der Waals surface area contributed by atoms with Gasteiger partial charge < -0.3 is 10.8 Å². The molecule has 3 N–H and O–H groups in total. The normalized spacial score (nSPS) is 9.00. The highest BCUT2D eigenvalue weighted by molar-refractivity contribution is 5.97. The maximum atomic E-state index is 11.1. The van der Waals surface area contributed by atoms with Crippen LogP contribution >= 0.6 is 0 Å². The fourth-order valence-corrected chi connectivity index (χ4v) is 1.24. The van der Waals surface area contributed by atoms with Gasteiger partial charge in [0.2, 0.25) is 0 Å². The van der Waals surface area contributed by atoms with E-state index < -0.39 is 5.97 Å². The van der Waals surface area contributed by atoms with Crippen LogP contribution in [0.4, 0.5) is 0 Å². The molecule has 1 aromatic carbocycles. The highest BCUT2D eigenvalue weighted by atomic mass is 16.4. The zero-order valence-electron chi connectivity index (χ0n) is 9.78. The van der Waals surface area contributed by atoms with E-state index in [1.54, 1.807) is 0 Å². The lowest BCUT2D eigenvalue weighted by Gasteiger charge is -2.05. The molecule has 16 heavy (non-hydrogen) atoms. The first-order valence-electron chi connectivity index (χ1n) is 5.13. The topological polar surface area (TPSA) is 80.4 Å². The van der Waals surface area contributed by atoms with Crippen LogP contribution in [0, 0.1) is 0 Å². The number of rotatable bonds is 3. The Morgan fingerprint density at radius 1 is 1.31 bits per heavy atom. The van der Waals surface area contributed by atoms with Crippen molar-refractivity contribution in [3.05, 3.63) is 34.9 Å². The van der Waals surface area contributed by atoms with Gasteiger partial charge in [-0.1, -0.05) is 19.9 Å². The van der Waals surface area contributed by atoms with Gasteiger partial charge in [-0.3, -0.25) is 4.79 Å². The number of aromatic carboxylic acids is 1. The molecule has 0 amide bonds. The largest absolute Gasteiger partial charge is 0.478 e. The number of hydrogen-bond acceptors (Lipinski definition) is 3. The van der Waals surface area contributed by atoms with Gasteiger partial charge in [-0.15, -0.1) is 0 Å². The van der Waals surface area contributed by atoms with Crippen molar-refractivity contribution in [2.24, 2.45) is 5.73 Å². The molecule has 0 saturated heterocycles. The van der Waals surface area contributed by atoms with E-state index in [-0.39, 0.29) is 17.9 Å². The Morgan fingerprint density at radius 3 is 2.25 bits per heavy atom. The smallest absolute Gasteiger partial charge is 0.335 e. The number of carbonyl (C=O) groups excluding carboxylic acids is 1. The van der Waals surface area contributed by atoms with Crippen molar-refractivity contribution < 1.29 is 14.7 Å². The molecule has 88 valence electrons. The van der Waals surface area contributed by atoms with Crippen LogP contribution < -0.4 is 5.73 Å². The molecule has 0 aliphatic heterocycles. The first-order valence-corrected chi connectivity index (χ1v) is 5.13. The third-order valence-electron chi connectivity index (χ3n) is 1.95. The van der Waals surface area contributed by atoms with Crippen LogP contribution in [0.25, 0.3) is 0 Å². The van der Waals surface area contributed by atoms with E-state index in [4.69, 9.17) is 10.8 Å². The SMILES string of the molecule is CC.CC(=O)c1ccc(C(=O)O)cc1CN. The third-order valence-corrected chi connectivity index (χ3v) is 1.95. The Balaban J connectivity index is 0.00000106. The average molecular weight is 223 g/mol. The molecule has 0 heterocycles. The van der Waals surface area contributed by atoms with E-state index in [0.717, 1.165) is 0 Å². The molecule has 0 aromatic heterocycles. The van der Waals surface area contributed by atoms with Crippen LogP contribution in [0.2, 0.25) is 0 Å². The van der Waals surface area contributed by atoms with Gasteiger partial charge in [0.1, 0.15) is 0 Å². The standard InChI is InChI=1S/C10H11NO3.C2H6/c1-6(12)9-3-2-7(10(13)14)4-8(9)5-11;1-2/h2-4H,5,11H2,1H3,(H,13,14);1-2H3. The van der Waals surface area contributed by atoms with Crippen molar-refractivity contribution in [1.82, 2.24) is 0 Å². The van der Waals surface area contributed by atoms with Crippen LogP contribution in [0.3, 0.4) is 0 Å². The second kappa shape index (κ2) is 6.74. The molecule has 0 aliphatic carbocycles. The Morgan fingerprint density at radius 2 is 1.88 bits per heavy atom. The lowest BCUT2D eigenvalue weighted by molar-refractivity contribution is 0.0696. The molecule has 0 aliphatic rings. The summed E-state index contributed by atoms with van der Waals surface area (Å²) in [7, 11) is 0. The van der Waals surface area contributed by atoms with Crippen molar-refractivity contribution in [1.29, 1.82) is 0 Å². The minimum absolute atomic E-state index is 0.109. The zero-order chi connectivity index (χ0) is 12.7. The molecule has 1 rings (SSSR count). The summed E-state index contributed by atoms with van der Waals surface area (Å²) >= 11 is 0. The van der Waals surface area contributed by atoms with Gasteiger partial charge in [-0.05, 0) is 24.6 Å². The lowest BCUT2D eigenvalue weighted by atomic mass is 10.0. The maximum Gasteiger partial charge on any atom is 0.335 e. The average Bonchev–Trinajstić information content (AvgIpc) is 2.30. The van der Waals surface area contributed by atoms with Gasteiger partial charge in [-0.25, -0.2) is 4.79 Å². The molecule has 0 fully saturated rings. The van der Waals surface area contributed by atoms with Gasteiger partial charge >= 0.3 is 5.97 Å². The Bertz CT molecular complexity index is 386. The van der Waals surface area contributed by atoms with Crippen molar-refractivity contribution in [3.63, 3.8) is 0 Å². The molecule has 0 atom stereocenters. The predicted octanol–water partition coefficient (Wildman–Crippen LogP) is 2.07. The number of nitrogens with two attached hydrogens (primary N) is 1. The summed E-state index contributed by atoms with van der Waals surface area (Å²) in [5.74, 6) is -1.13.